The standard InChI is InChI=1S/C22H26N4O4S/c1-30-18(16-5-3-2-4-6-16)13-24-12-11-15-7-9-17(10-8-15)25-20(27)22(28,29)19-14-31-21(23)26-19/h2-10,14,18,24,28-29H,11-13H2,1H3,(H2,23,26)(H,25,27). The van der Waals surface area contributed by atoms with Crippen molar-refractivity contribution in [2.75, 3.05) is 31.2 Å². The SMILES string of the molecule is COC(CNCCc1ccc(NC(=O)C(O)(O)c2csc(N)n2)cc1)c1ccccc1. The molecule has 0 bridgehead atoms. The zero-order valence-electron chi connectivity index (χ0n) is 17.1. The number of thiazole rings is 1. The third-order valence-corrected chi connectivity index (χ3v) is 5.46. The molecule has 31 heavy (non-hydrogen) atoms. The lowest BCUT2D eigenvalue weighted by Gasteiger charge is -2.18. The van der Waals surface area contributed by atoms with Crippen molar-refractivity contribution in [1.82, 2.24) is 10.3 Å². The van der Waals surface area contributed by atoms with Crippen LogP contribution in [0.4, 0.5) is 10.8 Å². The Morgan fingerprint density at radius 3 is 2.52 bits per heavy atom. The van der Waals surface area contributed by atoms with Crippen LogP contribution in [-0.4, -0.2) is 41.3 Å². The molecule has 8 nitrogen and oxygen atoms in total. The number of nitrogens with one attached hydrogen (secondary N) is 2. The van der Waals surface area contributed by atoms with E-state index in [0.717, 1.165) is 35.4 Å². The molecule has 0 aliphatic rings. The number of hydrogen-bond donors (Lipinski definition) is 5. The van der Waals surface area contributed by atoms with Crippen molar-refractivity contribution in [2.24, 2.45) is 0 Å². The fourth-order valence-electron chi connectivity index (χ4n) is 3.01. The van der Waals surface area contributed by atoms with Crippen LogP contribution in [0.2, 0.25) is 0 Å². The van der Waals surface area contributed by atoms with Crippen molar-refractivity contribution >= 4 is 28.1 Å². The summed E-state index contributed by atoms with van der Waals surface area (Å²) in [6.45, 7) is 1.46. The van der Waals surface area contributed by atoms with Gasteiger partial charge < -0.3 is 31.3 Å². The van der Waals surface area contributed by atoms with E-state index in [1.807, 2.05) is 42.5 Å². The van der Waals surface area contributed by atoms with Gasteiger partial charge in [-0.2, -0.15) is 0 Å². The highest BCUT2D eigenvalue weighted by atomic mass is 32.1. The second-order valence-electron chi connectivity index (χ2n) is 6.98. The van der Waals surface area contributed by atoms with E-state index in [0.29, 0.717) is 12.2 Å². The summed E-state index contributed by atoms with van der Waals surface area (Å²) in [6.07, 6.45) is 0.783. The molecule has 3 aromatic rings. The predicted octanol–water partition coefficient (Wildman–Crippen LogP) is 2.02. The molecule has 1 aromatic heterocycles. The van der Waals surface area contributed by atoms with Crippen LogP contribution in [0.15, 0.2) is 60.0 Å². The number of anilines is 2. The molecular weight excluding hydrogens is 416 g/mol. The number of nitrogens with zero attached hydrogens (tertiary/aromatic N) is 1. The molecular formula is C22H26N4O4S. The van der Waals surface area contributed by atoms with E-state index in [1.165, 1.54) is 5.38 Å². The van der Waals surface area contributed by atoms with Crippen molar-refractivity contribution in [3.8, 4) is 0 Å². The van der Waals surface area contributed by atoms with Crippen molar-refractivity contribution < 1.29 is 19.7 Å². The maximum absolute atomic E-state index is 12.2. The van der Waals surface area contributed by atoms with Gasteiger partial charge in [0.1, 0.15) is 5.69 Å². The normalized spacial score (nSPS) is 12.5. The lowest BCUT2D eigenvalue weighted by molar-refractivity contribution is -0.185. The number of rotatable bonds is 10. The minimum Gasteiger partial charge on any atom is -0.375 e. The summed E-state index contributed by atoms with van der Waals surface area (Å²) in [4.78, 5) is 16.0. The van der Waals surface area contributed by atoms with Crippen LogP contribution in [0, 0.1) is 0 Å². The molecule has 1 atom stereocenters. The topological polar surface area (TPSA) is 130 Å². The Balaban J connectivity index is 1.47. The first-order chi connectivity index (χ1) is 14.9. The number of carbonyl (C=O) groups is 1. The zero-order valence-corrected chi connectivity index (χ0v) is 17.9. The van der Waals surface area contributed by atoms with E-state index in [2.05, 4.69) is 15.6 Å². The molecule has 6 N–H and O–H groups in total. The third kappa shape index (κ3) is 6.09. The molecule has 0 fully saturated rings. The summed E-state index contributed by atoms with van der Waals surface area (Å²) in [6, 6.07) is 17.2. The summed E-state index contributed by atoms with van der Waals surface area (Å²) in [5.41, 5.74) is 7.93. The highest BCUT2D eigenvalue weighted by Crippen LogP contribution is 2.23. The minimum absolute atomic E-state index is 0.0101. The Morgan fingerprint density at radius 1 is 1.19 bits per heavy atom. The highest BCUT2D eigenvalue weighted by molar-refractivity contribution is 7.13. The number of amides is 1. The van der Waals surface area contributed by atoms with Crippen molar-refractivity contribution in [2.45, 2.75) is 18.3 Å². The Kier molecular flexibility index (Phi) is 7.72. The maximum Gasteiger partial charge on any atom is 0.291 e. The molecule has 1 heterocycles. The lowest BCUT2D eigenvalue weighted by Crippen LogP contribution is -2.40. The van der Waals surface area contributed by atoms with Crippen molar-refractivity contribution in [3.05, 3.63) is 76.8 Å². The Morgan fingerprint density at radius 2 is 1.90 bits per heavy atom. The molecule has 0 spiro atoms. The van der Waals surface area contributed by atoms with E-state index >= 15 is 0 Å². The summed E-state index contributed by atoms with van der Waals surface area (Å²) in [5.74, 6) is -3.76. The quantitative estimate of drug-likeness (QED) is 0.240. The van der Waals surface area contributed by atoms with Gasteiger partial charge in [-0.15, -0.1) is 11.3 Å². The highest BCUT2D eigenvalue weighted by Gasteiger charge is 2.38. The molecule has 164 valence electrons. The number of hydrogen-bond acceptors (Lipinski definition) is 8. The van der Waals surface area contributed by atoms with Crippen LogP contribution in [0.5, 0.6) is 0 Å². The molecule has 1 unspecified atom stereocenters. The van der Waals surface area contributed by atoms with Gasteiger partial charge in [0.05, 0.1) is 6.10 Å². The first-order valence-corrected chi connectivity index (χ1v) is 10.6. The third-order valence-electron chi connectivity index (χ3n) is 4.78. The van der Waals surface area contributed by atoms with Gasteiger partial charge in [-0.1, -0.05) is 42.5 Å². The average molecular weight is 443 g/mol. The van der Waals surface area contributed by atoms with Gasteiger partial charge in [0.15, 0.2) is 5.13 Å². The first-order valence-electron chi connectivity index (χ1n) is 9.75. The van der Waals surface area contributed by atoms with Crippen LogP contribution in [0.3, 0.4) is 0 Å². The van der Waals surface area contributed by atoms with Crippen molar-refractivity contribution in [3.63, 3.8) is 0 Å². The Bertz CT molecular complexity index is 977. The fourth-order valence-corrected chi connectivity index (χ4v) is 3.61. The van der Waals surface area contributed by atoms with Crippen LogP contribution in [0.25, 0.3) is 0 Å². The van der Waals surface area contributed by atoms with Crippen molar-refractivity contribution in [1.29, 1.82) is 0 Å². The molecule has 9 heteroatoms. The second kappa shape index (κ2) is 10.5. The second-order valence-corrected chi connectivity index (χ2v) is 7.87. The molecule has 0 saturated heterocycles. The summed E-state index contributed by atoms with van der Waals surface area (Å²) in [5, 5.41) is 27.5. The minimum atomic E-state index is -2.76. The lowest BCUT2D eigenvalue weighted by atomic mass is 10.1. The average Bonchev–Trinajstić information content (AvgIpc) is 3.22. The van der Waals surface area contributed by atoms with Gasteiger partial charge in [0.25, 0.3) is 11.7 Å². The number of carbonyl (C=O) groups excluding carboxylic acids is 1. The zero-order chi connectivity index (χ0) is 22.3. The van der Waals surface area contributed by atoms with E-state index in [9.17, 15) is 15.0 Å². The Hall–Kier alpha value is -2.82. The first kappa shape index (κ1) is 22.9. The number of aliphatic hydroxyl groups is 2. The van der Waals surface area contributed by atoms with Gasteiger partial charge in [-0.3, -0.25) is 4.79 Å². The number of aromatic nitrogens is 1. The summed E-state index contributed by atoms with van der Waals surface area (Å²) >= 11 is 1.02. The molecule has 0 radical (unpaired) electrons. The molecule has 0 aliphatic carbocycles. The van der Waals surface area contributed by atoms with Crippen LogP contribution < -0.4 is 16.4 Å². The number of nitrogen functional groups attached to an aromatic ring is 1. The molecule has 3 rings (SSSR count). The van der Waals surface area contributed by atoms with E-state index < -0.39 is 11.7 Å². The van der Waals surface area contributed by atoms with Gasteiger partial charge in [-0.25, -0.2) is 4.98 Å². The Labute approximate surface area is 184 Å². The van der Waals surface area contributed by atoms with Gasteiger partial charge >= 0.3 is 0 Å². The summed E-state index contributed by atoms with van der Waals surface area (Å²) in [7, 11) is 1.70. The number of ether oxygens (including phenoxy) is 1. The molecule has 2 aromatic carbocycles. The van der Waals surface area contributed by atoms with Crippen LogP contribution >= 0.6 is 11.3 Å². The summed E-state index contributed by atoms with van der Waals surface area (Å²) < 4.78 is 5.55. The smallest absolute Gasteiger partial charge is 0.291 e. The fraction of sp³-hybridized carbons (Fsp3) is 0.273. The van der Waals surface area contributed by atoms with Crippen LogP contribution in [0.1, 0.15) is 22.9 Å². The largest absolute Gasteiger partial charge is 0.375 e. The predicted molar refractivity (Wildman–Crippen MR) is 120 cm³/mol. The number of methoxy groups -OCH3 is 1. The van der Waals surface area contributed by atoms with Crippen LogP contribution in [-0.2, 0) is 21.7 Å². The molecule has 0 aliphatic heterocycles. The van der Waals surface area contributed by atoms with E-state index in [1.54, 1.807) is 19.2 Å². The monoisotopic (exact) mass is 442 g/mol. The maximum atomic E-state index is 12.2. The van der Waals surface area contributed by atoms with E-state index in [-0.39, 0.29) is 16.9 Å². The van der Waals surface area contributed by atoms with Gasteiger partial charge in [-0.05, 0) is 36.2 Å². The molecule has 1 amide bonds. The number of benzene rings is 2. The van der Waals surface area contributed by atoms with Gasteiger partial charge in [0, 0.05) is 24.7 Å². The van der Waals surface area contributed by atoms with Gasteiger partial charge in [0.2, 0.25) is 0 Å². The van der Waals surface area contributed by atoms with E-state index in [4.69, 9.17) is 10.5 Å². The number of nitrogens with two attached hydrogens (primary N) is 1. The molecule has 0 saturated carbocycles.